The van der Waals surface area contributed by atoms with Crippen LogP contribution in [0.25, 0.3) is 32.7 Å². The molecule has 0 spiro atoms. The van der Waals surface area contributed by atoms with E-state index in [4.69, 9.17) is 11.6 Å². The van der Waals surface area contributed by atoms with Crippen molar-refractivity contribution < 1.29 is 18.6 Å². The normalized spacial score (nSPS) is 11.7. The smallest absolute Gasteiger partial charge is 0.261 e. The molecule has 5 rings (SSSR count). The number of sulfonamides is 1. The average Bonchev–Trinajstić information content (AvgIpc) is 2.83. The number of benzene rings is 5. The second-order valence-electron chi connectivity index (χ2n) is 8.08. The van der Waals surface area contributed by atoms with Crippen molar-refractivity contribution in [2.24, 2.45) is 0 Å². The number of halogens is 1. The molecular weight excluding hydrogens is 470 g/mol. The van der Waals surface area contributed by atoms with Crippen LogP contribution in [0, 0.1) is 6.92 Å². The number of aromatic hydroxyl groups is 2. The van der Waals surface area contributed by atoms with Crippen LogP contribution >= 0.6 is 11.6 Å². The molecule has 0 aliphatic carbocycles. The molecule has 0 atom stereocenters. The lowest BCUT2D eigenvalue weighted by Crippen LogP contribution is -2.13. The number of hydrogen-bond acceptors (Lipinski definition) is 4. The highest BCUT2D eigenvalue weighted by Crippen LogP contribution is 2.47. The van der Waals surface area contributed by atoms with Crippen molar-refractivity contribution in [3.05, 3.63) is 95.5 Å². The Hall–Kier alpha value is -3.74. The zero-order valence-corrected chi connectivity index (χ0v) is 19.7. The SMILES string of the molecule is Cc1ccc(S(=O)(=O)Nc2cc(-c3cc(Cl)c4ccccc4c3O)c(O)c3ccccc23)cc1. The van der Waals surface area contributed by atoms with Gasteiger partial charge in [-0.1, -0.05) is 77.8 Å². The van der Waals surface area contributed by atoms with E-state index in [0.717, 1.165) is 5.56 Å². The van der Waals surface area contributed by atoms with E-state index >= 15 is 0 Å². The summed E-state index contributed by atoms with van der Waals surface area (Å²) >= 11 is 6.49. The maximum atomic E-state index is 13.1. The Morgan fingerprint density at radius 3 is 1.82 bits per heavy atom. The van der Waals surface area contributed by atoms with E-state index in [1.807, 2.05) is 13.0 Å². The summed E-state index contributed by atoms with van der Waals surface area (Å²) in [6.45, 7) is 1.88. The molecule has 0 bridgehead atoms. The summed E-state index contributed by atoms with van der Waals surface area (Å²) < 4.78 is 28.9. The topological polar surface area (TPSA) is 86.6 Å². The molecule has 0 fully saturated rings. The lowest BCUT2D eigenvalue weighted by molar-refractivity contribution is 0.475. The lowest BCUT2D eigenvalue weighted by Gasteiger charge is -2.17. The van der Waals surface area contributed by atoms with Crippen LogP contribution in [0.2, 0.25) is 5.02 Å². The minimum Gasteiger partial charge on any atom is -0.507 e. The third-order valence-corrected chi connectivity index (χ3v) is 7.54. The highest BCUT2D eigenvalue weighted by molar-refractivity contribution is 7.92. The molecule has 0 aromatic heterocycles. The summed E-state index contributed by atoms with van der Waals surface area (Å²) in [5, 5.41) is 24.7. The van der Waals surface area contributed by atoms with E-state index in [1.54, 1.807) is 60.7 Å². The van der Waals surface area contributed by atoms with Gasteiger partial charge in [-0.2, -0.15) is 0 Å². The molecule has 7 heteroatoms. The Morgan fingerprint density at radius 1 is 0.706 bits per heavy atom. The van der Waals surface area contributed by atoms with Crippen molar-refractivity contribution in [2.45, 2.75) is 11.8 Å². The van der Waals surface area contributed by atoms with E-state index < -0.39 is 10.0 Å². The molecule has 0 aliphatic rings. The third-order valence-electron chi connectivity index (χ3n) is 5.85. The quantitative estimate of drug-likeness (QED) is 0.241. The molecule has 0 aliphatic heterocycles. The zero-order chi connectivity index (χ0) is 24.0. The second kappa shape index (κ2) is 8.24. The van der Waals surface area contributed by atoms with E-state index in [-0.39, 0.29) is 27.6 Å². The molecule has 170 valence electrons. The lowest BCUT2D eigenvalue weighted by atomic mass is 9.95. The van der Waals surface area contributed by atoms with Crippen LogP contribution in [0.1, 0.15) is 5.56 Å². The Balaban J connectivity index is 1.75. The molecule has 5 aromatic carbocycles. The molecule has 0 amide bonds. The first-order valence-corrected chi connectivity index (χ1v) is 12.4. The van der Waals surface area contributed by atoms with Crippen LogP contribution < -0.4 is 4.72 Å². The monoisotopic (exact) mass is 489 g/mol. The van der Waals surface area contributed by atoms with Crippen LogP contribution in [0.4, 0.5) is 5.69 Å². The highest BCUT2D eigenvalue weighted by atomic mass is 35.5. The first-order chi connectivity index (χ1) is 16.3. The largest absolute Gasteiger partial charge is 0.507 e. The number of phenolic OH excluding ortho intramolecular Hbond substituents is 2. The van der Waals surface area contributed by atoms with E-state index in [0.29, 0.717) is 32.1 Å². The molecule has 34 heavy (non-hydrogen) atoms. The predicted molar refractivity (Wildman–Crippen MR) is 137 cm³/mol. The van der Waals surface area contributed by atoms with Gasteiger partial charge in [0.25, 0.3) is 10.0 Å². The summed E-state index contributed by atoms with van der Waals surface area (Å²) in [6.07, 6.45) is 0. The van der Waals surface area contributed by atoms with E-state index in [9.17, 15) is 18.6 Å². The van der Waals surface area contributed by atoms with Crippen LogP contribution in [0.3, 0.4) is 0 Å². The van der Waals surface area contributed by atoms with Crippen molar-refractivity contribution in [3.8, 4) is 22.6 Å². The summed E-state index contributed by atoms with van der Waals surface area (Å²) in [5.74, 6) is -0.145. The summed E-state index contributed by atoms with van der Waals surface area (Å²) in [5.41, 5.74) is 1.76. The first kappa shape index (κ1) is 22.1. The molecule has 0 saturated heterocycles. The second-order valence-corrected chi connectivity index (χ2v) is 10.2. The molecule has 0 unspecified atom stereocenters. The molecule has 5 nitrogen and oxygen atoms in total. The number of anilines is 1. The maximum absolute atomic E-state index is 13.1. The van der Waals surface area contributed by atoms with Crippen molar-refractivity contribution in [1.82, 2.24) is 0 Å². The molecule has 5 aromatic rings. The first-order valence-electron chi connectivity index (χ1n) is 10.5. The van der Waals surface area contributed by atoms with Gasteiger partial charge in [0.2, 0.25) is 0 Å². The van der Waals surface area contributed by atoms with Crippen LogP contribution in [0.15, 0.2) is 89.8 Å². The number of fused-ring (bicyclic) bond motifs is 2. The summed E-state index contributed by atoms with van der Waals surface area (Å²) in [4.78, 5) is 0.119. The molecule has 0 heterocycles. The van der Waals surface area contributed by atoms with Gasteiger partial charge in [0.05, 0.1) is 10.6 Å². The predicted octanol–water partition coefficient (Wildman–Crippen LogP) is 6.83. The van der Waals surface area contributed by atoms with Crippen LogP contribution in [-0.4, -0.2) is 18.6 Å². The van der Waals surface area contributed by atoms with Gasteiger partial charge in [-0.3, -0.25) is 4.72 Å². The van der Waals surface area contributed by atoms with Crippen molar-refractivity contribution in [1.29, 1.82) is 0 Å². The zero-order valence-electron chi connectivity index (χ0n) is 18.1. The van der Waals surface area contributed by atoms with Crippen LogP contribution in [0.5, 0.6) is 11.5 Å². The molecular formula is C27H20ClNO4S. The molecule has 0 radical (unpaired) electrons. The minimum absolute atomic E-state index is 0.0575. The number of rotatable bonds is 4. The van der Waals surface area contributed by atoms with Gasteiger partial charge in [0.15, 0.2) is 0 Å². The fourth-order valence-electron chi connectivity index (χ4n) is 4.09. The highest BCUT2D eigenvalue weighted by Gasteiger charge is 2.21. The van der Waals surface area contributed by atoms with Gasteiger partial charge in [-0.25, -0.2) is 8.42 Å². The van der Waals surface area contributed by atoms with Gasteiger partial charge in [-0.05, 0) is 31.2 Å². The number of phenols is 2. The van der Waals surface area contributed by atoms with Crippen molar-refractivity contribution in [3.63, 3.8) is 0 Å². The van der Waals surface area contributed by atoms with Gasteiger partial charge in [-0.15, -0.1) is 0 Å². The Morgan fingerprint density at radius 2 is 1.21 bits per heavy atom. The number of hydrogen-bond donors (Lipinski definition) is 3. The van der Waals surface area contributed by atoms with E-state index in [1.165, 1.54) is 18.2 Å². The Labute approximate surface area is 201 Å². The summed E-state index contributed by atoms with van der Waals surface area (Å²) in [7, 11) is -3.91. The van der Waals surface area contributed by atoms with E-state index in [2.05, 4.69) is 4.72 Å². The third kappa shape index (κ3) is 3.71. The maximum Gasteiger partial charge on any atom is 0.261 e. The van der Waals surface area contributed by atoms with Gasteiger partial charge < -0.3 is 10.2 Å². The molecule has 0 saturated carbocycles. The van der Waals surface area contributed by atoms with Gasteiger partial charge in [0.1, 0.15) is 11.5 Å². The minimum atomic E-state index is -3.91. The van der Waals surface area contributed by atoms with Gasteiger partial charge in [0, 0.05) is 37.7 Å². The van der Waals surface area contributed by atoms with Crippen LogP contribution in [-0.2, 0) is 10.0 Å². The fraction of sp³-hybridized carbons (Fsp3) is 0.0370. The summed E-state index contributed by atoms with van der Waals surface area (Å²) in [6, 6.07) is 23.7. The standard InChI is InChI=1S/C27H20ClNO4S/c1-16-10-12-17(13-11-16)34(32,33)29-25-15-23(27(31)21-9-5-3-7-19(21)25)22-14-24(28)18-6-2-4-8-20(18)26(22)30/h2-15,29-31H,1H3. The Bertz CT molecular complexity index is 1680. The number of nitrogens with one attached hydrogen (secondary N) is 1. The van der Waals surface area contributed by atoms with Gasteiger partial charge >= 0.3 is 0 Å². The fourth-order valence-corrected chi connectivity index (χ4v) is 5.44. The average molecular weight is 490 g/mol. The van der Waals surface area contributed by atoms with Crippen molar-refractivity contribution in [2.75, 3.05) is 4.72 Å². The van der Waals surface area contributed by atoms with Crippen molar-refractivity contribution >= 4 is 48.9 Å². The molecule has 3 N–H and O–H groups in total. The number of aryl methyl sites for hydroxylation is 1. The Kier molecular flexibility index (Phi) is 5.35.